The third-order valence-corrected chi connectivity index (χ3v) is 5.60. The van der Waals surface area contributed by atoms with Crippen molar-refractivity contribution in [1.82, 2.24) is 0 Å². The first kappa shape index (κ1) is 17.9. The number of anilines is 2. The van der Waals surface area contributed by atoms with Crippen LogP contribution in [0.5, 0.6) is 0 Å². The number of Topliss-reactive ketones (excluding diaryl/α,β-unsaturated/α-hetero) is 1. The van der Waals surface area contributed by atoms with Crippen molar-refractivity contribution in [3.63, 3.8) is 0 Å². The lowest BCUT2D eigenvalue weighted by Crippen LogP contribution is -2.22. The highest BCUT2D eigenvalue weighted by atomic mass is 32.2. The van der Waals surface area contributed by atoms with E-state index in [0.717, 1.165) is 17.6 Å². The van der Waals surface area contributed by atoms with Gasteiger partial charge in [0, 0.05) is 32.9 Å². The van der Waals surface area contributed by atoms with Gasteiger partial charge in [0.25, 0.3) is 0 Å². The molecule has 0 aliphatic rings. The summed E-state index contributed by atoms with van der Waals surface area (Å²) in [5.41, 5.74) is 6.00. The molecule has 0 radical (unpaired) electrons. The molecule has 0 unspecified atom stereocenters. The number of hydrogen-bond donors (Lipinski definition) is 1. The van der Waals surface area contributed by atoms with Crippen LogP contribution in [0, 0.1) is 5.92 Å². The molecule has 1 aromatic heterocycles. The van der Waals surface area contributed by atoms with Crippen LogP contribution in [0.2, 0.25) is 0 Å². The van der Waals surface area contributed by atoms with Crippen molar-refractivity contribution in [2.24, 2.45) is 5.92 Å². The van der Waals surface area contributed by atoms with E-state index in [0.29, 0.717) is 23.0 Å². The Balaban J connectivity index is 3.42. The van der Waals surface area contributed by atoms with E-state index in [1.54, 1.807) is 32.9 Å². The molecular formula is C13H22N2O4S2. The van der Waals surface area contributed by atoms with E-state index in [2.05, 4.69) is 0 Å². The van der Waals surface area contributed by atoms with Crippen LogP contribution in [0.25, 0.3) is 0 Å². The zero-order valence-corrected chi connectivity index (χ0v) is 14.6. The molecule has 0 saturated heterocycles. The summed E-state index contributed by atoms with van der Waals surface area (Å²) in [5.74, 6) is -0.385. The second kappa shape index (κ2) is 6.76. The van der Waals surface area contributed by atoms with Gasteiger partial charge in [0.15, 0.2) is 15.6 Å². The van der Waals surface area contributed by atoms with E-state index >= 15 is 0 Å². The molecule has 1 aromatic rings. The number of ether oxygens (including phenoxy) is 1. The topological polar surface area (TPSA) is 89.7 Å². The summed E-state index contributed by atoms with van der Waals surface area (Å²) in [6, 6.07) is 0. The van der Waals surface area contributed by atoms with E-state index in [4.69, 9.17) is 10.5 Å². The fraction of sp³-hybridized carbons (Fsp3) is 0.615. The number of rotatable bonds is 7. The molecule has 21 heavy (non-hydrogen) atoms. The van der Waals surface area contributed by atoms with Crippen molar-refractivity contribution in [2.45, 2.75) is 18.7 Å². The average molecular weight is 334 g/mol. The van der Waals surface area contributed by atoms with Crippen molar-refractivity contribution >= 4 is 37.6 Å². The molecule has 8 heteroatoms. The lowest BCUT2D eigenvalue weighted by molar-refractivity contribution is 0.0944. The number of hydrogen-bond acceptors (Lipinski definition) is 7. The van der Waals surface area contributed by atoms with Crippen molar-refractivity contribution in [3.05, 3.63) is 4.88 Å². The highest BCUT2D eigenvalue weighted by Gasteiger charge is 2.29. The third kappa shape index (κ3) is 3.96. The first-order chi connectivity index (χ1) is 9.61. The highest BCUT2D eigenvalue weighted by Crippen LogP contribution is 2.41. The predicted molar refractivity (Wildman–Crippen MR) is 86.2 cm³/mol. The zero-order valence-electron chi connectivity index (χ0n) is 13.0. The molecule has 120 valence electrons. The van der Waals surface area contributed by atoms with Gasteiger partial charge >= 0.3 is 0 Å². The minimum Gasteiger partial charge on any atom is -0.396 e. The van der Waals surface area contributed by atoms with E-state index in [9.17, 15) is 13.2 Å². The van der Waals surface area contributed by atoms with Gasteiger partial charge in [-0.2, -0.15) is 0 Å². The quantitative estimate of drug-likeness (QED) is 0.763. The SMILES string of the molecule is COCCN(C)c1sc(C(=O)C(C)C)c(N)c1S(C)(=O)=O. The summed E-state index contributed by atoms with van der Waals surface area (Å²) in [6.45, 7) is 4.48. The maximum Gasteiger partial charge on any atom is 0.180 e. The number of sulfone groups is 1. The van der Waals surface area contributed by atoms with Crippen LogP contribution in [-0.2, 0) is 14.6 Å². The Morgan fingerprint density at radius 1 is 1.43 bits per heavy atom. The largest absolute Gasteiger partial charge is 0.396 e. The summed E-state index contributed by atoms with van der Waals surface area (Å²) in [7, 11) is -0.198. The fourth-order valence-corrected chi connectivity index (χ4v) is 4.61. The molecular weight excluding hydrogens is 312 g/mol. The summed E-state index contributed by atoms with van der Waals surface area (Å²) < 4.78 is 29.0. The zero-order chi connectivity index (χ0) is 16.4. The number of nitrogen functional groups attached to an aromatic ring is 1. The van der Waals surface area contributed by atoms with Crippen LogP contribution >= 0.6 is 11.3 Å². The summed E-state index contributed by atoms with van der Waals surface area (Å²) >= 11 is 1.12. The van der Waals surface area contributed by atoms with Gasteiger partial charge in [0.05, 0.1) is 17.2 Å². The molecule has 0 aliphatic carbocycles. The fourth-order valence-electron chi connectivity index (χ4n) is 1.80. The number of methoxy groups -OCH3 is 1. The standard InChI is InChI=1S/C13H22N2O4S2/c1-8(2)10(16)11-9(14)12(21(5,17)18)13(20-11)15(3)6-7-19-4/h8H,6-7,14H2,1-5H3. The second-order valence-corrected chi connectivity index (χ2v) is 8.14. The van der Waals surface area contributed by atoms with Crippen molar-refractivity contribution < 1.29 is 17.9 Å². The number of nitrogens with zero attached hydrogens (tertiary/aromatic N) is 1. The second-order valence-electron chi connectivity index (χ2n) is 5.18. The lowest BCUT2D eigenvalue weighted by Gasteiger charge is -2.18. The first-order valence-electron chi connectivity index (χ1n) is 6.47. The third-order valence-electron chi connectivity index (χ3n) is 2.98. The van der Waals surface area contributed by atoms with Crippen LogP contribution in [0.1, 0.15) is 23.5 Å². The molecule has 0 atom stereocenters. The van der Waals surface area contributed by atoms with Gasteiger partial charge in [-0.15, -0.1) is 11.3 Å². The van der Waals surface area contributed by atoms with Gasteiger partial charge in [0.1, 0.15) is 9.90 Å². The van der Waals surface area contributed by atoms with E-state index in [-0.39, 0.29) is 22.3 Å². The highest BCUT2D eigenvalue weighted by molar-refractivity contribution is 7.91. The van der Waals surface area contributed by atoms with Gasteiger partial charge in [-0.25, -0.2) is 8.42 Å². The molecule has 0 saturated carbocycles. The number of nitrogens with two attached hydrogens (primary N) is 1. The Kier molecular flexibility index (Phi) is 5.77. The number of carbonyl (C=O) groups excluding carboxylic acids is 1. The van der Waals surface area contributed by atoms with E-state index in [1.807, 2.05) is 0 Å². The molecule has 0 bridgehead atoms. The number of carbonyl (C=O) groups is 1. The molecule has 6 nitrogen and oxygen atoms in total. The van der Waals surface area contributed by atoms with E-state index < -0.39 is 9.84 Å². The van der Waals surface area contributed by atoms with Crippen LogP contribution < -0.4 is 10.6 Å². The number of ketones is 1. The lowest BCUT2D eigenvalue weighted by atomic mass is 10.1. The Hall–Kier alpha value is -1.12. The van der Waals surface area contributed by atoms with Gasteiger partial charge in [0.2, 0.25) is 0 Å². The van der Waals surface area contributed by atoms with Crippen molar-refractivity contribution in [3.8, 4) is 0 Å². The predicted octanol–water partition coefficient (Wildman–Crippen LogP) is 1.66. The minimum atomic E-state index is -3.52. The molecule has 0 spiro atoms. The van der Waals surface area contributed by atoms with Crippen molar-refractivity contribution in [2.75, 3.05) is 44.2 Å². The molecule has 0 amide bonds. The Morgan fingerprint density at radius 3 is 2.43 bits per heavy atom. The van der Waals surface area contributed by atoms with Crippen LogP contribution in [0.3, 0.4) is 0 Å². The minimum absolute atomic E-state index is 0.0371. The van der Waals surface area contributed by atoms with Gasteiger partial charge in [-0.3, -0.25) is 4.79 Å². The average Bonchev–Trinajstić information content (AvgIpc) is 2.72. The molecule has 1 rings (SSSR count). The Morgan fingerprint density at radius 2 is 2.00 bits per heavy atom. The summed E-state index contributed by atoms with van der Waals surface area (Å²) in [5, 5.41) is 0.482. The summed E-state index contributed by atoms with van der Waals surface area (Å²) in [6.07, 6.45) is 1.10. The van der Waals surface area contributed by atoms with Crippen molar-refractivity contribution in [1.29, 1.82) is 0 Å². The van der Waals surface area contributed by atoms with E-state index in [1.165, 1.54) is 0 Å². The first-order valence-corrected chi connectivity index (χ1v) is 9.18. The molecule has 1 heterocycles. The monoisotopic (exact) mass is 334 g/mol. The molecule has 2 N–H and O–H groups in total. The van der Waals surface area contributed by atoms with Crippen LogP contribution in [0.15, 0.2) is 4.90 Å². The maximum absolute atomic E-state index is 12.2. The Labute approximate surface area is 129 Å². The summed E-state index contributed by atoms with van der Waals surface area (Å²) in [4.78, 5) is 14.3. The number of likely N-dealkylation sites (N-methyl/N-ethyl adjacent to an activating group) is 1. The Bertz CT molecular complexity index is 620. The van der Waals surface area contributed by atoms with Crippen LogP contribution in [-0.4, -0.2) is 47.8 Å². The van der Waals surface area contributed by atoms with Gasteiger partial charge in [-0.1, -0.05) is 13.8 Å². The maximum atomic E-state index is 12.2. The molecule has 0 fully saturated rings. The smallest absolute Gasteiger partial charge is 0.180 e. The van der Waals surface area contributed by atoms with Crippen LogP contribution in [0.4, 0.5) is 10.7 Å². The molecule has 0 aliphatic heterocycles. The normalized spacial score (nSPS) is 11.9. The molecule has 0 aromatic carbocycles. The van der Waals surface area contributed by atoms with Gasteiger partial charge < -0.3 is 15.4 Å². The number of thiophene rings is 1. The van der Waals surface area contributed by atoms with Gasteiger partial charge in [-0.05, 0) is 0 Å².